The minimum absolute atomic E-state index is 0.00291. The lowest BCUT2D eigenvalue weighted by molar-refractivity contribution is -0.152. The van der Waals surface area contributed by atoms with E-state index in [1.165, 1.54) is 120 Å². The van der Waals surface area contributed by atoms with Crippen molar-refractivity contribution in [1.29, 1.82) is 0 Å². The van der Waals surface area contributed by atoms with E-state index in [1.807, 2.05) is 23.5 Å². The van der Waals surface area contributed by atoms with Gasteiger partial charge in [0.2, 0.25) is 0 Å². The van der Waals surface area contributed by atoms with Crippen molar-refractivity contribution in [2.75, 3.05) is 11.5 Å². The largest absolute Gasteiger partial charge is 0.462 e. The van der Waals surface area contributed by atoms with Crippen LogP contribution in [0.4, 0.5) is 0 Å². The zero-order valence-electron chi connectivity index (χ0n) is 48.9. The van der Waals surface area contributed by atoms with Crippen LogP contribution in [0.5, 0.6) is 0 Å². The maximum Gasteiger partial charge on any atom is 0.306 e. The minimum atomic E-state index is -0.0466. The number of thioether (sulfide) groups is 6. The van der Waals surface area contributed by atoms with Gasteiger partial charge in [0, 0.05) is 24.3 Å². The minimum Gasteiger partial charge on any atom is -0.462 e. The Balaban J connectivity index is 0.678. The molecule has 0 spiro atoms. The van der Waals surface area contributed by atoms with Crippen LogP contribution in [0.25, 0.3) is 0 Å². The van der Waals surface area contributed by atoms with E-state index in [0.717, 1.165) is 110 Å². The summed E-state index contributed by atoms with van der Waals surface area (Å²) in [4.78, 5) is 27.2. The van der Waals surface area contributed by atoms with Crippen molar-refractivity contribution in [1.82, 2.24) is 0 Å². The molecule has 0 aromatic carbocycles. The number of fused-ring (bicyclic) bond motifs is 10. The van der Waals surface area contributed by atoms with E-state index in [4.69, 9.17) is 9.47 Å². The van der Waals surface area contributed by atoms with Crippen molar-refractivity contribution in [3.8, 4) is 0 Å². The fraction of sp³-hybridized carbons (Fsp3) is 0.818. The summed E-state index contributed by atoms with van der Waals surface area (Å²) in [7, 11) is 0. The topological polar surface area (TPSA) is 52.6 Å². The van der Waals surface area contributed by atoms with E-state index in [0.29, 0.717) is 35.2 Å². The van der Waals surface area contributed by atoms with Crippen molar-refractivity contribution < 1.29 is 19.1 Å². The van der Waals surface area contributed by atoms with Gasteiger partial charge in [-0.1, -0.05) is 178 Å². The van der Waals surface area contributed by atoms with E-state index < -0.39 is 0 Å². The summed E-state index contributed by atoms with van der Waals surface area (Å²) in [6.45, 7) is 25.3. The van der Waals surface area contributed by atoms with Gasteiger partial charge in [0.05, 0.1) is 29.8 Å². The van der Waals surface area contributed by atoms with Gasteiger partial charge in [-0.3, -0.25) is 9.59 Å². The number of allylic oxidation sites excluding steroid dienone is 2. The standard InChI is InChI=1S/C66H100O4S6/c1-41(2)13-11-15-43(5)51-21-23-53-49-19-17-45-39-47(25-31-63(45,7)55(49)27-33-65(51,53)9)69-57(67)29-35-71-60-61(76-62(75-60)59-73-37-38-74-59)72-36-30-58(68)70-48-26-32-64(8)46(40-48)18-20-50-54-24-22-52(44(6)16-12-14-42(3)4)66(54,10)34-28-56(50)64/h17-18,37-38,41-44,47-56H,11-16,19-36,39-40H2,1-10H3/t43-,44-,47?,48?,49+,50+,51-,52-,53+,54+,55+,56+,63+,64+,65-,66-/m1/s1. The average molecular weight is 1150 g/mol. The maximum absolute atomic E-state index is 13.6. The highest BCUT2D eigenvalue weighted by molar-refractivity contribution is 8.42. The molecule has 0 bridgehead atoms. The molecular weight excluding hydrogens is 1050 g/mol. The van der Waals surface area contributed by atoms with Gasteiger partial charge in [-0.2, -0.15) is 0 Å². The molecule has 10 rings (SSSR count). The van der Waals surface area contributed by atoms with Gasteiger partial charge in [0.1, 0.15) is 12.2 Å². The Morgan fingerprint density at radius 2 is 0.987 bits per heavy atom. The first-order valence-corrected chi connectivity index (χ1v) is 36.6. The summed E-state index contributed by atoms with van der Waals surface area (Å²) in [5, 5.41) is 4.34. The third-order valence-electron chi connectivity index (χ3n) is 23.3. The molecule has 2 unspecified atom stereocenters. The number of hydrogen-bond acceptors (Lipinski definition) is 10. The lowest BCUT2D eigenvalue weighted by Crippen LogP contribution is -2.51. The summed E-state index contributed by atoms with van der Waals surface area (Å²) in [6.07, 6.45) is 34.4. The van der Waals surface area contributed by atoms with Crippen molar-refractivity contribution in [3.63, 3.8) is 0 Å². The summed E-state index contributed by atoms with van der Waals surface area (Å²) in [5.74, 6) is 11.4. The number of rotatable bonds is 20. The first-order valence-electron chi connectivity index (χ1n) is 31.3. The molecule has 8 aliphatic carbocycles. The maximum atomic E-state index is 13.6. The summed E-state index contributed by atoms with van der Waals surface area (Å²) < 4.78 is 17.9. The van der Waals surface area contributed by atoms with Crippen LogP contribution in [0, 0.1) is 92.7 Å². The quantitative estimate of drug-likeness (QED) is 0.0870. The lowest BCUT2D eigenvalue weighted by Gasteiger charge is -2.58. The molecule has 76 heavy (non-hydrogen) atoms. The predicted molar refractivity (Wildman–Crippen MR) is 334 cm³/mol. The average Bonchev–Trinajstić information content (AvgIpc) is 4.31. The van der Waals surface area contributed by atoms with Crippen molar-refractivity contribution in [2.45, 2.75) is 236 Å². The highest BCUT2D eigenvalue weighted by atomic mass is 32.3. The monoisotopic (exact) mass is 1150 g/mol. The molecule has 10 aliphatic rings. The molecule has 0 saturated heterocycles. The van der Waals surface area contributed by atoms with E-state index in [9.17, 15) is 9.59 Å². The Bertz CT molecular complexity index is 2110. The third-order valence-corrected chi connectivity index (χ3v) is 31.5. The fourth-order valence-corrected chi connectivity index (χ4v) is 27.3. The van der Waals surface area contributed by atoms with E-state index in [1.54, 1.807) is 58.2 Å². The molecule has 4 nitrogen and oxygen atoms in total. The molecular formula is C66H100O4S6. The van der Waals surface area contributed by atoms with Crippen LogP contribution >= 0.6 is 70.6 Å². The first kappa shape index (κ1) is 58.9. The lowest BCUT2D eigenvalue weighted by atomic mass is 9.47. The third kappa shape index (κ3) is 12.2. The molecule has 2 aliphatic heterocycles. The molecule has 16 atom stereocenters. The molecule has 0 radical (unpaired) electrons. The molecule has 0 N–H and O–H groups in total. The van der Waals surface area contributed by atoms with Crippen LogP contribution in [0.1, 0.15) is 223 Å². The molecule has 10 heteroatoms. The Kier molecular flexibility index (Phi) is 19.3. The second-order valence-corrected chi connectivity index (χ2v) is 35.5. The molecule has 6 saturated carbocycles. The van der Waals surface area contributed by atoms with Gasteiger partial charge in [-0.25, -0.2) is 0 Å². The Morgan fingerprint density at radius 3 is 1.41 bits per heavy atom. The van der Waals surface area contributed by atoms with Crippen LogP contribution in [-0.4, -0.2) is 35.7 Å². The fourth-order valence-electron chi connectivity index (χ4n) is 19.3. The number of hydrogen-bond donors (Lipinski definition) is 0. The normalized spacial score (nSPS) is 39.5. The molecule has 2 heterocycles. The van der Waals surface area contributed by atoms with Crippen LogP contribution in [-0.2, 0) is 19.1 Å². The van der Waals surface area contributed by atoms with Gasteiger partial charge in [0.15, 0.2) is 0 Å². The van der Waals surface area contributed by atoms with Crippen LogP contribution in [0.3, 0.4) is 0 Å². The van der Waals surface area contributed by atoms with E-state index in [2.05, 4.69) is 92.2 Å². The summed E-state index contributed by atoms with van der Waals surface area (Å²) >= 11 is 10.9. The molecule has 0 aromatic heterocycles. The smallest absolute Gasteiger partial charge is 0.306 e. The first-order chi connectivity index (χ1) is 36.4. The zero-order chi connectivity index (χ0) is 53.6. The van der Waals surface area contributed by atoms with Crippen LogP contribution in [0.15, 0.2) is 51.1 Å². The number of carbonyl (C=O) groups excluding carboxylic acids is 2. The molecule has 424 valence electrons. The Labute approximate surface area is 488 Å². The van der Waals surface area contributed by atoms with Crippen molar-refractivity contribution in [2.24, 2.45) is 92.7 Å². The van der Waals surface area contributed by atoms with Crippen LogP contribution < -0.4 is 0 Å². The van der Waals surface area contributed by atoms with Gasteiger partial charge in [-0.15, -0.1) is 23.5 Å². The van der Waals surface area contributed by atoms with Crippen molar-refractivity contribution >= 4 is 82.5 Å². The van der Waals surface area contributed by atoms with Gasteiger partial charge in [-0.05, 0) is 193 Å². The Hall–Kier alpha value is -0.260. The highest BCUT2D eigenvalue weighted by Gasteiger charge is 2.61. The molecule has 0 amide bonds. The number of esters is 2. The SMILES string of the molecule is CC(C)CCC[C@@H](C)[C@H]1CC[C@H]2[C@@H]3CC=C4CC(OC(=O)CCSC5=C(SCCC(=O)OC6CC[C@@]7(C)C(=CC[C@H]8[C@@H]9CC[C@H]([C@H](C)CCCC(C)C)[C@@]9(C)CC[C@@H]87)C6)SC(=C6SC=CS6)S5)CC[C@]4(C)[C@H]3CC[C@]12C. The van der Waals surface area contributed by atoms with Gasteiger partial charge >= 0.3 is 11.9 Å². The van der Waals surface area contributed by atoms with Crippen LogP contribution in [0.2, 0.25) is 0 Å². The second-order valence-electron chi connectivity index (χ2n) is 28.3. The number of carbonyl (C=O) groups is 2. The summed E-state index contributed by atoms with van der Waals surface area (Å²) in [6, 6.07) is 0. The van der Waals surface area contributed by atoms with E-state index in [-0.39, 0.29) is 35.0 Å². The van der Waals surface area contributed by atoms with Crippen molar-refractivity contribution in [3.05, 3.63) is 51.1 Å². The predicted octanol–water partition coefficient (Wildman–Crippen LogP) is 20.8. The molecule has 6 fully saturated rings. The van der Waals surface area contributed by atoms with Gasteiger partial charge in [0.25, 0.3) is 0 Å². The van der Waals surface area contributed by atoms with Gasteiger partial charge < -0.3 is 9.47 Å². The molecule has 0 aromatic rings. The number of ether oxygens (including phenoxy) is 2. The second kappa shape index (κ2) is 24.9. The summed E-state index contributed by atoms with van der Waals surface area (Å²) in [5.41, 5.74) is 4.73. The highest BCUT2D eigenvalue weighted by Crippen LogP contribution is 2.70. The zero-order valence-corrected chi connectivity index (χ0v) is 53.8. The Morgan fingerprint density at radius 1 is 0.553 bits per heavy atom. The van der Waals surface area contributed by atoms with E-state index >= 15 is 0 Å².